The van der Waals surface area contributed by atoms with Crippen molar-refractivity contribution in [2.75, 3.05) is 0 Å². The van der Waals surface area contributed by atoms with Gasteiger partial charge in [-0.1, -0.05) is 100 Å². The number of fused-ring (bicyclic) bond motifs is 1. The summed E-state index contributed by atoms with van der Waals surface area (Å²) in [7, 11) is 0. The van der Waals surface area contributed by atoms with E-state index in [2.05, 4.69) is 55.5 Å². The number of hydrogen-bond donors (Lipinski definition) is 0. The van der Waals surface area contributed by atoms with Crippen molar-refractivity contribution in [3.05, 3.63) is 59.7 Å². The molecule has 1 atom stereocenters. The molecule has 1 aliphatic rings. The van der Waals surface area contributed by atoms with E-state index in [1.807, 2.05) is 0 Å². The van der Waals surface area contributed by atoms with Crippen LogP contribution < -0.4 is 0 Å². The monoisotopic (exact) mass is 320 g/mol. The highest BCUT2D eigenvalue weighted by molar-refractivity contribution is 5.65. The molecule has 0 amide bonds. The van der Waals surface area contributed by atoms with Gasteiger partial charge in [-0.25, -0.2) is 0 Å². The van der Waals surface area contributed by atoms with Crippen molar-refractivity contribution < 1.29 is 0 Å². The van der Waals surface area contributed by atoms with Crippen LogP contribution >= 0.6 is 0 Å². The zero-order valence-electron chi connectivity index (χ0n) is 15.3. The number of unbranched alkanes of at least 4 members (excludes halogenated alkanes) is 5. The molecule has 0 heteroatoms. The molecule has 0 heterocycles. The number of rotatable bonds is 8. The SMILES string of the molecule is CCCCCCCCC1CCc2cc(-c3ccccc3)ccc2C1. The summed E-state index contributed by atoms with van der Waals surface area (Å²) in [5.74, 6) is 0.922. The third-order valence-corrected chi connectivity index (χ3v) is 5.61. The Hall–Kier alpha value is -1.56. The number of aryl methyl sites for hydroxylation is 1. The van der Waals surface area contributed by atoms with Gasteiger partial charge in [-0.15, -0.1) is 0 Å². The van der Waals surface area contributed by atoms with Crippen molar-refractivity contribution >= 4 is 0 Å². The van der Waals surface area contributed by atoms with E-state index in [-0.39, 0.29) is 0 Å². The predicted octanol–water partition coefficient (Wildman–Crippen LogP) is 7.21. The molecule has 0 spiro atoms. The first-order valence-corrected chi connectivity index (χ1v) is 10.0. The smallest absolute Gasteiger partial charge is 0.0181 e. The lowest BCUT2D eigenvalue weighted by Crippen LogP contribution is -2.14. The number of benzene rings is 2. The average Bonchev–Trinajstić information content (AvgIpc) is 2.65. The Kier molecular flexibility index (Phi) is 6.52. The lowest BCUT2D eigenvalue weighted by Gasteiger charge is -2.25. The molecule has 0 aliphatic heterocycles. The summed E-state index contributed by atoms with van der Waals surface area (Å²) in [6, 6.07) is 17.9. The highest BCUT2D eigenvalue weighted by Gasteiger charge is 2.18. The second-order valence-corrected chi connectivity index (χ2v) is 7.51. The van der Waals surface area contributed by atoms with Crippen molar-refractivity contribution in [2.45, 2.75) is 71.1 Å². The van der Waals surface area contributed by atoms with Gasteiger partial charge >= 0.3 is 0 Å². The minimum atomic E-state index is 0.922. The van der Waals surface area contributed by atoms with Gasteiger partial charge in [0.25, 0.3) is 0 Å². The van der Waals surface area contributed by atoms with Gasteiger partial charge in [0.2, 0.25) is 0 Å². The van der Waals surface area contributed by atoms with Gasteiger partial charge in [-0.2, -0.15) is 0 Å². The van der Waals surface area contributed by atoms with E-state index in [1.54, 1.807) is 11.1 Å². The maximum Gasteiger partial charge on any atom is -0.0181 e. The van der Waals surface area contributed by atoms with Gasteiger partial charge in [0.05, 0.1) is 0 Å². The summed E-state index contributed by atoms with van der Waals surface area (Å²) < 4.78 is 0. The van der Waals surface area contributed by atoms with Crippen LogP contribution in [0.4, 0.5) is 0 Å². The second kappa shape index (κ2) is 9.06. The highest BCUT2D eigenvalue weighted by Crippen LogP contribution is 2.32. The molecular formula is C24H32. The molecule has 0 fully saturated rings. The van der Waals surface area contributed by atoms with Crippen LogP contribution in [0.2, 0.25) is 0 Å². The van der Waals surface area contributed by atoms with Gasteiger partial charge < -0.3 is 0 Å². The Labute approximate surface area is 148 Å². The fraction of sp³-hybridized carbons (Fsp3) is 0.500. The maximum atomic E-state index is 2.44. The Balaban J connectivity index is 1.51. The number of hydrogen-bond acceptors (Lipinski definition) is 0. The van der Waals surface area contributed by atoms with E-state index >= 15 is 0 Å². The molecule has 0 nitrogen and oxygen atoms in total. The zero-order valence-corrected chi connectivity index (χ0v) is 15.3. The van der Waals surface area contributed by atoms with Gasteiger partial charge in [0, 0.05) is 0 Å². The van der Waals surface area contributed by atoms with E-state index in [0.717, 1.165) is 5.92 Å². The standard InChI is InChI=1S/C24H32/c1-2-3-4-5-6-8-11-20-14-15-24-19-23(17-16-22(24)18-20)21-12-9-7-10-13-21/h7,9-10,12-13,16-17,19-20H,2-6,8,11,14-15,18H2,1H3. The Bertz CT molecular complexity index is 611. The molecule has 2 aromatic carbocycles. The molecule has 0 aromatic heterocycles. The molecule has 1 aliphatic carbocycles. The van der Waals surface area contributed by atoms with E-state index in [0.29, 0.717) is 0 Å². The summed E-state index contributed by atoms with van der Waals surface area (Å²) in [4.78, 5) is 0. The minimum Gasteiger partial charge on any atom is -0.0654 e. The molecular weight excluding hydrogens is 288 g/mol. The van der Waals surface area contributed by atoms with Crippen LogP contribution in [0.1, 0.15) is 69.4 Å². The molecule has 0 saturated heterocycles. The van der Waals surface area contributed by atoms with Gasteiger partial charge in [0.1, 0.15) is 0 Å². The van der Waals surface area contributed by atoms with Crippen LogP contribution in [-0.2, 0) is 12.8 Å². The normalized spacial score (nSPS) is 16.8. The molecule has 1 unspecified atom stereocenters. The molecule has 0 saturated carbocycles. The first-order chi connectivity index (χ1) is 11.9. The Morgan fingerprint density at radius 3 is 2.42 bits per heavy atom. The van der Waals surface area contributed by atoms with E-state index in [1.165, 1.54) is 75.3 Å². The molecule has 0 radical (unpaired) electrons. The van der Waals surface area contributed by atoms with E-state index in [4.69, 9.17) is 0 Å². The van der Waals surface area contributed by atoms with Crippen LogP contribution in [0.5, 0.6) is 0 Å². The Morgan fingerprint density at radius 1 is 0.792 bits per heavy atom. The quantitative estimate of drug-likeness (QED) is 0.451. The van der Waals surface area contributed by atoms with Crippen LogP contribution in [0.25, 0.3) is 11.1 Å². The molecule has 0 bridgehead atoms. The summed E-state index contributed by atoms with van der Waals surface area (Å²) in [5.41, 5.74) is 5.92. The first-order valence-electron chi connectivity index (χ1n) is 10.0. The van der Waals surface area contributed by atoms with Crippen molar-refractivity contribution in [1.82, 2.24) is 0 Å². The fourth-order valence-electron chi connectivity index (χ4n) is 4.10. The van der Waals surface area contributed by atoms with Gasteiger partial charge in [-0.05, 0) is 47.4 Å². The lowest BCUT2D eigenvalue weighted by molar-refractivity contribution is 0.404. The summed E-state index contributed by atoms with van der Waals surface area (Å²) in [6.45, 7) is 2.29. The molecule has 3 rings (SSSR count). The predicted molar refractivity (Wildman–Crippen MR) is 105 cm³/mol. The van der Waals surface area contributed by atoms with E-state index in [9.17, 15) is 0 Å². The fourth-order valence-corrected chi connectivity index (χ4v) is 4.10. The zero-order chi connectivity index (χ0) is 16.6. The summed E-state index contributed by atoms with van der Waals surface area (Å²) in [6.07, 6.45) is 13.9. The van der Waals surface area contributed by atoms with Crippen molar-refractivity contribution in [3.63, 3.8) is 0 Å². The largest absolute Gasteiger partial charge is 0.0654 e. The summed E-state index contributed by atoms with van der Waals surface area (Å²) in [5, 5.41) is 0. The molecule has 128 valence electrons. The van der Waals surface area contributed by atoms with E-state index < -0.39 is 0 Å². The topological polar surface area (TPSA) is 0 Å². The van der Waals surface area contributed by atoms with Crippen LogP contribution in [0.15, 0.2) is 48.5 Å². The third-order valence-electron chi connectivity index (χ3n) is 5.61. The lowest BCUT2D eigenvalue weighted by atomic mass is 9.80. The first kappa shape index (κ1) is 17.3. The minimum absolute atomic E-state index is 0.922. The van der Waals surface area contributed by atoms with Gasteiger partial charge in [-0.3, -0.25) is 0 Å². The molecule has 24 heavy (non-hydrogen) atoms. The van der Waals surface area contributed by atoms with Crippen LogP contribution in [-0.4, -0.2) is 0 Å². The van der Waals surface area contributed by atoms with Crippen molar-refractivity contribution in [3.8, 4) is 11.1 Å². The van der Waals surface area contributed by atoms with Crippen LogP contribution in [0.3, 0.4) is 0 Å². The molecule has 0 N–H and O–H groups in total. The average molecular weight is 321 g/mol. The second-order valence-electron chi connectivity index (χ2n) is 7.51. The third kappa shape index (κ3) is 4.72. The Morgan fingerprint density at radius 2 is 1.58 bits per heavy atom. The van der Waals surface area contributed by atoms with Gasteiger partial charge in [0.15, 0.2) is 0 Å². The highest BCUT2D eigenvalue weighted by atomic mass is 14.2. The molecule has 2 aromatic rings. The summed E-state index contributed by atoms with van der Waals surface area (Å²) >= 11 is 0. The maximum absolute atomic E-state index is 2.44. The van der Waals surface area contributed by atoms with Crippen molar-refractivity contribution in [2.24, 2.45) is 5.92 Å². The van der Waals surface area contributed by atoms with Crippen molar-refractivity contribution in [1.29, 1.82) is 0 Å². The van der Waals surface area contributed by atoms with Crippen LogP contribution in [0, 0.1) is 5.92 Å².